The summed E-state index contributed by atoms with van der Waals surface area (Å²) in [5, 5.41) is 2.08. The molecule has 3 heterocycles. The average molecular weight is 472 g/mol. The monoisotopic (exact) mass is 471 g/mol. The fraction of sp³-hybridized carbons (Fsp3) is 0.105. The average Bonchev–Trinajstić information content (AvgIpc) is 3.09. The van der Waals surface area contributed by atoms with Gasteiger partial charge in [-0.25, -0.2) is 4.98 Å². The van der Waals surface area contributed by atoms with Crippen LogP contribution in [0.25, 0.3) is 21.3 Å². The Bertz CT molecular complexity index is 1380. The van der Waals surface area contributed by atoms with Crippen molar-refractivity contribution in [3.8, 4) is 11.1 Å². The number of hydrogen-bond acceptors (Lipinski definition) is 4. The highest BCUT2D eigenvalue weighted by Crippen LogP contribution is 2.32. The van der Waals surface area contributed by atoms with Gasteiger partial charge in [-0.15, -0.1) is 11.3 Å². The SMILES string of the molecule is O=c1[nH]c(Cn2cc(C(F)(F)F)cc(Cl)c2=O)nc2scc(-c3ccc(Cl)cc3)c12. The second kappa shape index (κ2) is 7.57. The van der Waals surface area contributed by atoms with Crippen LogP contribution in [0, 0.1) is 0 Å². The largest absolute Gasteiger partial charge is 0.417 e. The predicted molar refractivity (Wildman–Crippen MR) is 111 cm³/mol. The number of rotatable bonds is 3. The Labute approximate surface area is 180 Å². The fourth-order valence-corrected chi connectivity index (χ4v) is 4.26. The molecule has 0 aliphatic carbocycles. The highest BCUT2D eigenvalue weighted by molar-refractivity contribution is 7.17. The summed E-state index contributed by atoms with van der Waals surface area (Å²) >= 11 is 12.8. The number of benzene rings is 1. The molecule has 0 bridgehead atoms. The second-order valence-corrected chi connectivity index (χ2v) is 8.06. The maximum absolute atomic E-state index is 13.0. The minimum atomic E-state index is -4.68. The maximum atomic E-state index is 13.0. The summed E-state index contributed by atoms with van der Waals surface area (Å²) in [6.07, 6.45) is -4.03. The normalized spacial score (nSPS) is 11.9. The van der Waals surface area contributed by atoms with E-state index in [1.807, 2.05) is 0 Å². The molecule has 0 atom stereocenters. The first kappa shape index (κ1) is 20.6. The van der Waals surface area contributed by atoms with E-state index in [2.05, 4.69) is 9.97 Å². The lowest BCUT2D eigenvalue weighted by molar-refractivity contribution is -0.138. The highest BCUT2D eigenvalue weighted by Gasteiger charge is 2.32. The molecule has 0 radical (unpaired) electrons. The quantitative estimate of drug-likeness (QED) is 0.447. The van der Waals surface area contributed by atoms with Crippen LogP contribution in [0.4, 0.5) is 13.2 Å². The van der Waals surface area contributed by atoms with Gasteiger partial charge in [0.25, 0.3) is 11.1 Å². The molecule has 30 heavy (non-hydrogen) atoms. The van der Waals surface area contributed by atoms with E-state index < -0.39 is 27.9 Å². The van der Waals surface area contributed by atoms with Crippen LogP contribution in [-0.4, -0.2) is 14.5 Å². The van der Waals surface area contributed by atoms with Crippen molar-refractivity contribution in [3.05, 3.63) is 84.0 Å². The lowest BCUT2D eigenvalue weighted by Gasteiger charge is -2.11. The zero-order valence-electron chi connectivity index (χ0n) is 14.8. The Morgan fingerprint density at radius 2 is 1.83 bits per heavy atom. The summed E-state index contributed by atoms with van der Waals surface area (Å²) in [6, 6.07) is 7.49. The first-order chi connectivity index (χ1) is 14.1. The minimum Gasteiger partial charge on any atom is -0.308 e. The van der Waals surface area contributed by atoms with Gasteiger partial charge < -0.3 is 9.55 Å². The molecule has 4 rings (SSSR count). The minimum absolute atomic E-state index is 0.0366. The Morgan fingerprint density at radius 3 is 2.50 bits per heavy atom. The Kier molecular flexibility index (Phi) is 5.21. The Morgan fingerprint density at radius 1 is 1.13 bits per heavy atom. The molecular weight excluding hydrogens is 462 g/mol. The standard InChI is InChI=1S/C19H10Cl2F3N3O2S/c20-11-3-1-9(2-4-11)12-8-30-17-15(12)16(28)25-14(26-17)7-27-6-10(19(22,23)24)5-13(21)18(27)29/h1-6,8H,7H2,(H,25,26,28). The molecule has 154 valence electrons. The third kappa shape index (κ3) is 3.88. The summed E-state index contributed by atoms with van der Waals surface area (Å²) in [6.45, 7) is -0.373. The molecule has 0 amide bonds. The Hall–Kier alpha value is -2.62. The van der Waals surface area contributed by atoms with Gasteiger partial charge in [0, 0.05) is 22.2 Å². The summed E-state index contributed by atoms with van der Waals surface area (Å²) in [7, 11) is 0. The number of thiophene rings is 1. The van der Waals surface area contributed by atoms with E-state index in [1.165, 1.54) is 11.3 Å². The van der Waals surface area contributed by atoms with E-state index in [0.717, 1.165) is 10.1 Å². The first-order valence-electron chi connectivity index (χ1n) is 8.37. The molecule has 1 aromatic carbocycles. The molecule has 4 aromatic rings. The first-order valence-corrected chi connectivity index (χ1v) is 10.0. The molecule has 0 fully saturated rings. The topological polar surface area (TPSA) is 67.8 Å². The zero-order valence-corrected chi connectivity index (χ0v) is 17.1. The van der Waals surface area contributed by atoms with Crippen molar-refractivity contribution < 1.29 is 13.2 Å². The van der Waals surface area contributed by atoms with Crippen molar-refractivity contribution in [3.63, 3.8) is 0 Å². The van der Waals surface area contributed by atoms with Crippen LogP contribution in [0.15, 0.2) is 51.5 Å². The van der Waals surface area contributed by atoms with Gasteiger partial charge in [-0.1, -0.05) is 35.3 Å². The van der Waals surface area contributed by atoms with Gasteiger partial charge in [-0.3, -0.25) is 9.59 Å². The molecular formula is C19H10Cl2F3N3O2S. The van der Waals surface area contributed by atoms with Crippen molar-refractivity contribution in [2.45, 2.75) is 12.7 Å². The number of aromatic amines is 1. The van der Waals surface area contributed by atoms with Crippen LogP contribution in [0.5, 0.6) is 0 Å². The van der Waals surface area contributed by atoms with Gasteiger partial charge in [-0.2, -0.15) is 13.2 Å². The number of H-pyrrole nitrogens is 1. The van der Waals surface area contributed by atoms with Crippen LogP contribution < -0.4 is 11.1 Å². The van der Waals surface area contributed by atoms with Crippen molar-refractivity contribution >= 4 is 44.8 Å². The number of fused-ring (bicyclic) bond motifs is 1. The van der Waals surface area contributed by atoms with E-state index in [4.69, 9.17) is 23.2 Å². The molecule has 0 spiro atoms. The summed E-state index contributed by atoms with van der Waals surface area (Å²) < 4.78 is 39.8. The summed E-state index contributed by atoms with van der Waals surface area (Å²) in [5.74, 6) is 0.0366. The van der Waals surface area contributed by atoms with Gasteiger partial charge in [-0.05, 0) is 23.8 Å². The fourth-order valence-electron chi connectivity index (χ4n) is 2.94. The zero-order chi connectivity index (χ0) is 21.6. The number of pyridine rings is 1. The molecule has 0 saturated carbocycles. The molecule has 0 saturated heterocycles. The smallest absolute Gasteiger partial charge is 0.308 e. The van der Waals surface area contributed by atoms with Crippen LogP contribution in [0.1, 0.15) is 11.4 Å². The van der Waals surface area contributed by atoms with E-state index >= 15 is 0 Å². The van der Waals surface area contributed by atoms with Crippen LogP contribution in [0.3, 0.4) is 0 Å². The number of nitrogens with zero attached hydrogens (tertiary/aromatic N) is 2. The van der Waals surface area contributed by atoms with E-state index in [0.29, 0.717) is 33.1 Å². The highest BCUT2D eigenvalue weighted by atomic mass is 35.5. The molecule has 0 aliphatic heterocycles. The van der Waals surface area contributed by atoms with Gasteiger partial charge in [0.05, 0.1) is 17.5 Å². The predicted octanol–water partition coefficient (Wildman–Crippen LogP) is 5.19. The number of aromatic nitrogens is 3. The summed E-state index contributed by atoms with van der Waals surface area (Å²) in [4.78, 5) is 32.1. The van der Waals surface area contributed by atoms with Gasteiger partial charge >= 0.3 is 6.18 Å². The van der Waals surface area contributed by atoms with Crippen molar-refractivity contribution in [2.75, 3.05) is 0 Å². The third-order valence-corrected chi connectivity index (χ3v) is 5.73. The summed E-state index contributed by atoms with van der Waals surface area (Å²) in [5.41, 5.74) is -0.928. The number of hydrogen-bond donors (Lipinski definition) is 1. The van der Waals surface area contributed by atoms with Crippen LogP contribution >= 0.6 is 34.5 Å². The number of alkyl halides is 3. The molecule has 0 unspecified atom stereocenters. The van der Waals surface area contributed by atoms with Crippen molar-refractivity contribution in [1.29, 1.82) is 0 Å². The van der Waals surface area contributed by atoms with Crippen molar-refractivity contribution in [2.24, 2.45) is 0 Å². The molecule has 0 aliphatic rings. The Balaban J connectivity index is 1.77. The molecule has 3 aromatic heterocycles. The second-order valence-electron chi connectivity index (χ2n) is 6.36. The van der Waals surface area contributed by atoms with Crippen LogP contribution in [0.2, 0.25) is 10.0 Å². The maximum Gasteiger partial charge on any atom is 0.417 e. The van der Waals surface area contributed by atoms with Crippen molar-refractivity contribution in [1.82, 2.24) is 14.5 Å². The molecule has 11 heteroatoms. The van der Waals surface area contributed by atoms with E-state index in [9.17, 15) is 22.8 Å². The third-order valence-electron chi connectivity index (χ3n) is 4.34. The molecule has 1 N–H and O–H groups in total. The lowest BCUT2D eigenvalue weighted by atomic mass is 10.1. The van der Waals surface area contributed by atoms with Gasteiger partial charge in [0.1, 0.15) is 15.7 Å². The van der Waals surface area contributed by atoms with E-state index in [-0.39, 0.29) is 12.4 Å². The van der Waals surface area contributed by atoms with E-state index in [1.54, 1.807) is 29.6 Å². The van der Waals surface area contributed by atoms with Gasteiger partial charge in [0.2, 0.25) is 0 Å². The molecule has 5 nitrogen and oxygen atoms in total. The number of nitrogens with one attached hydrogen (secondary N) is 1. The van der Waals surface area contributed by atoms with Gasteiger partial charge in [0.15, 0.2) is 0 Å². The number of halogens is 5. The lowest BCUT2D eigenvalue weighted by Crippen LogP contribution is -2.25. The van der Waals surface area contributed by atoms with Crippen LogP contribution in [-0.2, 0) is 12.7 Å².